The minimum Gasteiger partial charge on any atom is -0.507 e. The zero-order chi connectivity index (χ0) is 28.6. The van der Waals surface area contributed by atoms with E-state index in [1.54, 1.807) is 19.1 Å². The molecule has 0 spiro atoms. The van der Waals surface area contributed by atoms with Gasteiger partial charge in [0.2, 0.25) is 0 Å². The lowest BCUT2D eigenvalue weighted by molar-refractivity contribution is -0.385. The third-order valence-electron chi connectivity index (χ3n) is 6.68. The number of aliphatic hydroxyl groups is 1. The van der Waals surface area contributed by atoms with Crippen LogP contribution in [0.3, 0.4) is 0 Å². The summed E-state index contributed by atoms with van der Waals surface area (Å²) in [5.41, 5.74) is 1.44. The fourth-order valence-electron chi connectivity index (χ4n) is 4.69. The second-order valence-electron chi connectivity index (χ2n) is 9.40. The molecule has 1 heterocycles. The minimum atomic E-state index is -1.26. The van der Waals surface area contributed by atoms with Crippen molar-refractivity contribution in [3.63, 3.8) is 0 Å². The smallest absolute Gasteiger partial charge is 0.311 e. The maximum absolute atomic E-state index is 13.5. The predicted octanol–water partition coefficient (Wildman–Crippen LogP) is 5.24. The van der Waals surface area contributed by atoms with E-state index < -0.39 is 39.9 Å². The van der Waals surface area contributed by atoms with Gasteiger partial charge in [0.25, 0.3) is 11.7 Å². The summed E-state index contributed by atoms with van der Waals surface area (Å²) in [6.45, 7) is 5.60. The summed E-state index contributed by atoms with van der Waals surface area (Å²) in [5, 5.41) is 42.4. The summed E-state index contributed by atoms with van der Waals surface area (Å²) in [5.74, 6) is -2.39. The Bertz CT molecular complexity index is 1580. The number of nitrogens with zero attached hydrogens (tertiary/aromatic N) is 3. The third-order valence-corrected chi connectivity index (χ3v) is 6.68. The molecule has 39 heavy (non-hydrogen) atoms. The van der Waals surface area contributed by atoms with Crippen molar-refractivity contribution in [2.24, 2.45) is 0 Å². The largest absolute Gasteiger partial charge is 0.507 e. The summed E-state index contributed by atoms with van der Waals surface area (Å²) < 4.78 is 5.48. The number of phenolic OH excluding ortho intramolecular Hbond substituents is 1. The monoisotopic (exact) mass is 527 g/mol. The minimum absolute atomic E-state index is 0.00343. The van der Waals surface area contributed by atoms with Crippen LogP contribution in [0, 0.1) is 28.4 Å². The van der Waals surface area contributed by atoms with Crippen molar-refractivity contribution < 1.29 is 29.5 Å². The van der Waals surface area contributed by atoms with Crippen LogP contribution >= 0.6 is 0 Å². The Morgan fingerprint density at radius 2 is 1.79 bits per heavy atom. The number of aliphatic hydroxyl groups excluding tert-OH is 1. The fourth-order valence-corrected chi connectivity index (χ4v) is 4.69. The number of ketones is 1. The average Bonchev–Trinajstić information content (AvgIpc) is 3.18. The average molecular weight is 528 g/mol. The molecule has 198 valence electrons. The van der Waals surface area contributed by atoms with Gasteiger partial charge in [-0.3, -0.25) is 24.6 Å². The molecule has 1 atom stereocenters. The van der Waals surface area contributed by atoms with E-state index in [0.29, 0.717) is 22.4 Å². The van der Waals surface area contributed by atoms with Gasteiger partial charge in [0.05, 0.1) is 35.3 Å². The molecule has 1 unspecified atom stereocenters. The van der Waals surface area contributed by atoms with Crippen molar-refractivity contribution in [3.05, 3.63) is 98.1 Å². The van der Waals surface area contributed by atoms with Crippen LogP contribution in [0.25, 0.3) is 5.76 Å². The number of nitriles is 1. The topological polar surface area (TPSA) is 154 Å². The highest BCUT2D eigenvalue weighted by atomic mass is 16.6. The summed E-state index contributed by atoms with van der Waals surface area (Å²) in [6, 6.07) is 13.5. The molecule has 0 radical (unpaired) electrons. The molecule has 1 fully saturated rings. The van der Waals surface area contributed by atoms with Crippen LogP contribution in [0.2, 0.25) is 0 Å². The number of methoxy groups -OCH3 is 1. The number of hydrogen-bond acceptors (Lipinski definition) is 8. The number of anilines is 1. The van der Waals surface area contributed by atoms with Crippen molar-refractivity contribution in [1.29, 1.82) is 5.26 Å². The van der Waals surface area contributed by atoms with Crippen molar-refractivity contribution in [3.8, 4) is 17.6 Å². The molecule has 1 saturated heterocycles. The quantitative estimate of drug-likeness (QED) is 0.145. The number of carbonyl (C=O) groups excluding carboxylic acids is 2. The molecule has 3 aromatic carbocycles. The van der Waals surface area contributed by atoms with Crippen LogP contribution in [-0.2, 0) is 9.59 Å². The van der Waals surface area contributed by atoms with Gasteiger partial charge in [-0.2, -0.15) is 5.26 Å². The molecule has 1 aliphatic heterocycles. The van der Waals surface area contributed by atoms with Crippen LogP contribution in [-0.4, -0.2) is 33.9 Å². The van der Waals surface area contributed by atoms with Gasteiger partial charge in [-0.1, -0.05) is 19.9 Å². The zero-order valence-electron chi connectivity index (χ0n) is 21.6. The maximum atomic E-state index is 13.5. The second-order valence-corrected chi connectivity index (χ2v) is 9.40. The van der Waals surface area contributed by atoms with Gasteiger partial charge in [0.1, 0.15) is 11.5 Å². The molecule has 0 saturated carbocycles. The maximum Gasteiger partial charge on any atom is 0.311 e. The molecular formula is C29H25N3O7. The van der Waals surface area contributed by atoms with Gasteiger partial charge in [-0.05, 0) is 72.0 Å². The van der Waals surface area contributed by atoms with E-state index in [-0.39, 0.29) is 22.7 Å². The zero-order valence-corrected chi connectivity index (χ0v) is 21.6. The summed E-state index contributed by atoms with van der Waals surface area (Å²) in [6.07, 6.45) is 0. The first-order valence-electron chi connectivity index (χ1n) is 12.0. The highest BCUT2D eigenvalue weighted by Gasteiger charge is 2.47. The molecule has 1 amide bonds. The molecule has 10 heteroatoms. The van der Waals surface area contributed by atoms with Gasteiger partial charge >= 0.3 is 5.69 Å². The highest BCUT2D eigenvalue weighted by molar-refractivity contribution is 6.51. The van der Waals surface area contributed by atoms with E-state index in [4.69, 9.17) is 4.74 Å². The molecule has 4 rings (SSSR count). The SMILES string of the molecule is COc1cc(C)c(/C(O)=C2\C(=O)C(=O)N(c3ccc(C#N)cc3)C2c2ccc(O)c([N+](=O)[O-])c2)cc1C(C)C. The third kappa shape index (κ3) is 4.66. The van der Waals surface area contributed by atoms with Gasteiger partial charge in [-0.15, -0.1) is 0 Å². The Labute approximate surface area is 224 Å². The summed E-state index contributed by atoms with van der Waals surface area (Å²) >= 11 is 0. The van der Waals surface area contributed by atoms with E-state index >= 15 is 0 Å². The van der Waals surface area contributed by atoms with Crippen molar-refractivity contribution in [1.82, 2.24) is 0 Å². The van der Waals surface area contributed by atoms with E-state index in [0.717, 1.165) is 22.6 Å². The number of ether oxygens (including phenoxy) is 1. The van der Waals surface area contributed by atoms with Gasteiger partial charge in [0.15, 0.2) is 5.75 Å². The number of aryl methyl sites for hydroxylation is 1. The van der Waals surface area contributed by atoms with Crippen LogP contribution < -0.4 is 9.64 Å². The summed E-state index contributed by atoms with van der Waals surface area (Å²) in [7, 11) is 1.53. The Morgan fingerprint density at radius 3 is 2.36 bits per heavy atom. The standard InChI is InChI=1S/C29H25N3O7/c1-15(2)20-13-21(16(3)11-24(20)39-4)27(34)25-26(18-7-10-23(33)22(12-18)32(37)38)31(29(36)28(25)35)19-8-5-17(14-30)6-9-19/h5-13,15,26,33-34H,1-4H3/b27-25+. The molecule has 0 aliphatic carbocycles. The Morgan fingerprint density at radius 1 is 1.13 bits per heavy atom. The number of amides is 1. The van der Waals surface area contributed by atoms with Crippen LogP contribution in [0.4, 0.5) is 11.4 Å². The van der Waals surface area contributed by atoms with E-state index in [1.807, 2.05) is 19.9 Å². The lowest BCUT2D eigenvalue weighted by Gasteiger charge is -2.25. The number of aromatic hydroxyl groups is 1. The Hall–Kier alpha value is -5.17. The van der Waals surface area contributed by atoms with Gasteiger partial charge < -0.3 is 14.9 Å². The van der Waals surface area contributed by atoms with Gasteiger partial charge in [-0.25, -0.2) is 0 Å². The normalized spacial score (nSPS) is 16.4. The first-order chi connectivity index (χ1) is 18.5. The predicted molar refractivity (Wildman–Crippen MR) is 143 cm³/mol. The number of benzene rings is 3. The van der Waals surface area contributed by atoms with Crippen LogP contribution in [0.1, 0.15) is 53.6 Å². The second kappa shape index (κ2) is 10.3. The van der Waals surface area contributed by atoms with Crippen molar-refractivity contribution in [2.45, 2.75) is 32.7 Å². The first-order valence-corrected chi connectivity index (χ1v) is 12.0. The van der Waals surface area contributed by atoms with E-state index in [9.17, 15) is 35.2 Å². The molecule has 1 aliphatic rings. The number of nitro groups is 1. The van der Waals surface area contributed by atoms with Crippen LogP contribution in [0.15, 0.2) is 60.2 Å². The van der Waals surface area contributed by atoms with E-state index in [1.165, 1.54) is 37.4 Å². The van der Waals surface area contributed by atoms with Crippen molar-refractivity contribution in [2.75, 3.05) is 12.0 Å². The lowest BCUT2D eigenvalue weighted by Crippen LogP contribution is -2.29. The number of hydrogen-bond donors (Lipinski definition) is 2. The number of carbonyl (C=O) groups is 2. The van der Waals surface area contributed by atoms with Crippen LogP contribution in [0.5, 0.6) is 11.5 Å². The molecule has 3 aromatic rings. The van der Waals surface area contributed by atoms with Crippen molar-refractivity contribution >= 4 is 28.8 Å². The Kier molecular flexibility index (Phi) is 7.10. The summed E-state index contributed by atoms with van der Waals surface area (Å²) in [4.78, 5) is 38.8. The van der Waals surface area contributed by atoms with Gasteiger partial charge in [0, 0.05) is 17.3 Å². The molecule has 2 N–H and O–H groups in total. The fraction of sp³-hybridized carbons (Fsp3) is 0.207. The molecule has 0 aromatic heterocycles. The first kappa shape index (κ1) is 26.9. The Balaban J connectivity index is 2.02. The lowest BCUT2D eigenvalue weighted by atomic mass is 9.90. The van der Waals surface area contributed by atoms with E-state index in [2.05, 4.69) is 0 Å². The highest BCUT2D eigenvalue weighted by Crippen LogP contribution is 2.45. The molecule has 0 bridgehead atoms. The molecule has 10 nitrogen and oxygen atoms in total. The number of phenols is 1. The number of rotatable bonds is 6. The number of Topliss-reactive ketones (excluding diaryl/α,β-unsaturated/α-hetero) is 1. The molecular weight excluding hydrogens is 502 g/mol. The number of nitro benzene ring substituents is 1.